The van der Waals surface area contributed by atoms with Gasteiger partial charge in [0.1, 0.15) is 11.6 Å². The van der Waals surface area contributed by atoms with Gasteiger partial charge in [0.15, 0.2) is 0 Å². The molecule has 0 aliphatic carbocycles. The van der Waals surface area contributed by atoms with Crippen LogP contribution in [0.4, 0.5) is 8.78 Å². The summed E-state index contributed by atoms with van der Waals surface area (Å²) in [7, 11) is 0. The van der Waals surface area contributed by atoms with Crippen molar-refractivity contribution in [3.8, 4) is 0 Å². The molecule has 1 atom stereocenters. The fourth-order valence-corrected chi connectivity index (χ4v) is 2.88. The first kappa shape index (κ1) is 16.1. The number of benzene rings is 1. The lowest BCUT2D eigenvalue weighted by Gasteiger charge is -2.16. The van der Waals surface area contributed by atoms with E-state index < -0.39 is 11.6 Å². The van der Waals surface area contributed by atoms with Crippen LogP contribution in [-0.2, 0) is 6.54 Å². The van der Waals surface area contributed by atoms with Crippen molar-refractivity contribution >= 4 is 23.2 Å². The van der Waals surface area contributed by atoms with E-state index in [-0.39, 0.29) is 5.92 Å². The molecule has 1 N–H and O–H groups in total. The third-order valence-electron chi connectivity index (χ3n) is 3.09. The Morgan fingerprint density at radius 2 is 1.67 bits per heavy atom. The van der Waals surface area contributed by atoms with Crippen LogP contribution in [0, 0.1) is 11.6 Å². The molecule has 2 rings (SSSR count). The Balaban J connectivity index is 1.97. The topological polar surface area (TPSA) is 24.9 Å². The maximum Gasteiger partial charge on any atom is 0.126 e. The third-order valence-corrected chi connectivity index (χ3v) is 3.69. The molecule has 0 aliphatic heterocycles. The van der Waals surface area contributed by atoms with Gasteiger partial charge in [-0.25, -0.2) is 8.78 Å². The lowest BCUT2D eigenvalue weighted by atomic mass is 10.0. The van der Waals surface area contributed by atoms with Gasteiger partial charge in [-0.15, -0.1) is 0 Å². The first-order chi connectivity index (χ1) is 9.97. The molecule has 0 spiro atoms. The maximum atomic E-state index is 13.1. The molecule has 1 aromatic heterocycles. The van der Waals surface area contributed by atoms with Crippen LogP contribution in [-0.4, -0.2) is 11.5 Å². The van der Waals surface area contributed by atoms with E-state index in [2.05, 4.69) is 10.3 Å². The molecule has 112 valence electrons. The van der Waals surface area contributed by atoms with E-state index in [0.717, 1.165) is 11.6 Å². The highest BCUT2D eigenvalue weighted by Crippen LogP contribution is 2.29. The molecule has 1 heterocycles. The normalized spacial score (nSPS) is 12.4. The quantitative estimate of drug-likeness (QED) is 0.869. The molecule has 2 nitrogen and oxygen atoms in total. The summed E-state index contributed by atoms with van der Waals surface area (Å²) in [6.07, 6.45) is 3.09. The largest absolute Gasteiger partial charge is 0.312 e. The molecule has 6 heteroatoms. The third kappa shape index (κ3) is 4.37. The van der Waals surface area contributed by atoms with Gasteiger partial charge in [0.25, 0.3) is 0 Å². The second-order valence-electron chi connectivity index (χ2n) is 4.83. The van der Waals surface area contributed by atoms with Crippen LogP contribution in [0.5, 0.6) is 0 Å². The van der Waals surface area contributed by atoms with Gasteiger partial charge in [0.2, 0.25) is 0 Å². The van der Waals surface area contributed by atoms with Gasteiger partial charge in [-0.3, -0.25) is 4.98 Å². The Bertz CT molecular complexity index is 595. The molecule has 21 heavy (non-hydrogen) atoms. The number of rotatable bonds is 5. The van der Waals surface area contributed by atoms with E-state index in [9.17, 15) is 8.78 Å². The van der Waals surface area contributed by atoms with Crippen molar-refractivity contribution in [2.45, 2.75) is 19.4 Å². The van der Waals surface area contributed by atoms with Crippen molar-refractivity contribution in [1.82, 2.24) is 10.3 Å². The van der Waals surface area contributed by atoms with Crippen LogP contribution in [0.2, 0.25) is 10.0 Å². The predicted octanol–water partition coefficient (Wildman–Crippen LogP) is 4.56. The van der Waals surface area contributed by atoms with E-state index >= 15 is 0 Å². The Labute approximate surface area is 132 Å². The molecule has 2 aromatic rings. The number of hydrogen-bond donors (Lipinski definition) is 1. The summed E-state index contributed by atoms with van der Waals surface area (Å²) in [4.78, 5) is 3.91. The minimum Gasteiger partial charge on any atom is -0.312 e. The zero-order chi connectivity index (χ0) is 15.4. The lowest BCUT2D eigenvalue weighted by Crippen LogP contribution is -2.20. The van der Waals surface area contributed by atoms with Crippen molar-refractivity contribution in [2.24, 2.45) is 0 Å². The van der Waals surface area contributed by atoms with Crippen LogP contribution in [0.25, 0.3) is 0 Å². The number of hydrogen-bond acceptors (Lipinski definition) is 2. The smallest absolute Gasteiger partial charge is 0.126 e. The van der Waals surface area contributed by atoms with Gasteiger partial charge in [-0.2, -0.15) is 0 Å². The first-order valence-electron chi connectivity index (χ1n) is 6.42. The zero-order valence-corrected chi connectivity index (χ0v) is 12.8. The van der Waals surface area contributed by atoms with Gasteiger partial charge in [-0.1, -0.05) is 30.1 Å². The average molecular weight is 331 g/mol. The van der Waals surface area contributed by atoms with E-state index in [1.54, 1.807) is 12.4 Å². The second-order valence-corrected chi connectivity index (χ2v) is 5.64. The minimum absolute atomic E-state index is 0.0476. The summed E-state index contributed by atoms with van der Waals surface area (Å²) < 4.78 is 26.2. The molecule has 0 fully saturated rings. The molecule has 1 unspecified atom stereocenters. The first-order valence-corrected chi connectivity index (χ1v) is 7.17. The van der Waals surface area contributed by atoms with E-state index in [0.29, 0.717) is 28.7 Å². The van der Waals surface area contributed by atoms with Crippen molar-refractivity contribution < 1.29 is 8.78 Å². The second kappa shape index (κ2) is 7.16. The highest BCUT2D eigenvalue weighted by molar-refractivity contribution is 6.35. The predicted molar refractivity (Wildman–Crippen MR) is 80.7 cm³/mol. The van der Waals surface area contributed by atoms with Gasteiger partial charge in [-0.05, 0) is 29.2 Å². The number of pyridine rings is 1. The van der Waals surface area contributed by atoms with Gasteiger partial charge in [0.05, 0.1) is 10.0 Å². The van der Waals surface area contributed by atoms with Crippen LogP contribution in [0.3, 0.4) is 0 Å². The van der Waals surface area contributed by atoms with Gasteiger partial charge in [0, 0.05) is 31.5 Å². The highest BCUT2D eigenvalue weighted by Gasteiger charge is 2.14. The Morgan fingerprint density at radius 1 is 1.10 bits per heavy atom. The van der Waals surface area contributed by atoms with Crippen LogP contribution in [0.15, 0.2) is 30.6 Å². The summed E-state index contributed by atoms with van der Waals surface area (Å²) in [5, 5.41) is 4.15. The highest BCUT2D eigenvalue weighted by atomic mass is 35.5. The van der Waals surface area contributed by atoms with E-state index in [4.69, 9.17) is 23.2 Å². The average Bonchev–Trinajstić information content (AvgIpc) is 2.37. The standard InChI is InChI=1S/C15H14Cl2F2N2/c1-9(15-13(16)7-21-8-14(15)17)5-20-6-10-2-11(18)4-12(19)3-10/h2-4,7-9,20H,5-6H2,1H3. The summed E-state index contributed by atoms with van der Waals surface area (Å²) in [6, 6.07) is 3.45. The summed E-state index contributed by atoms with van der Waals surface area (Å²) in [5.74, 6) is -1.12. The molecule has 0 radical (unpaired) electrons. The van der Waals surface area contributed by atoms with Gasteiger partial charge >= 0.3 is 0 Å². The van der Waals surface area contributed by atoms with Crippen molar-refractivity contribution in [3.05, 3.63) is 63.4 Å². The lowest BCUT2D eigenvalue weighted by molar-refractivity contribution is 0.570. The maximum absolute atomic E-state index is 13.1. The SMILES string of the molecule is CC(CNCc1cc(F)cc(F)c1)c1c(Cl)cncc1Cl. The summed E-state index contributed by atoms with van der Waals surface area (Å²) in [5.41, 5.74) is 1.36. The molecule has 0 saturated carbocycles. The van der Waals surface area contributed by atoms with Gasteiger partial charge < -0.3 is 5.32 Å². The fraction of sp³-hybridized carbons (Fsp3) is 0.267. The van der Waals surface area contributed by atoms with E-state index in [1.807, 2.05) is 6.92 Å². The zero-order valence-electron chi connectivity index (χ0n) is 11.3. The summed E-state index contributed by atoms with van der Waals surface area (Å²) >= 11 is 12.2. The van der Waals surface area contributed by atoms with Crippen LogP contribution in [0.1, 0.15) is 24.0 Å². The molecule has 0 amide bonds. The molecule has 0 aliphatic rings. The molecule has 0 bridgehead atoms. The van der Waals surface area contributed by atoms with Crippen LogP contribution >= 0.6 is 23.2 Å². The Kier molecular flexibility index (Phi) is 5.51. The Hall–Kier alpha value is -1.23. The molecular weight excluding hydrogens is 317 g/mol. The number of nitrogens with one attached hydrogen (secondary N) is 1. The van der Waals surface area contributed by atoms with Crippen molar-refractivity contribution in [2.75, 3.05) is 6.54 Å². The molecule has 1 aromatic carbocycles. The van der Waals surface area contributed by atoms with E-state index in [1.165, 1.54) is 12.1 Å². The fourth-order valence-electron chi connectivity index (χ4n) is 2.14. The van der Waals surface area contributed by atoms with Crippen LogP contribution < -0.4 is 5.32 Å². The molecule has 0 saturated heterocycles. The number of nitrogens with zero attached hydrogens (tertiary/aromatic N) is 1. The summed E-state index contributed by atoms with van der Waals surface area (Å²) in [6.45, 7) is 2.90. The number of halogens is 4. The minimum atomic E-state index is -0.583. The monoisotopic (exact) mass is 330 g/mol. The molecular formula is C15H14Cl2F2N2. The Morgan fingerprint density at radius 3 is 2.24 bits per heavy atom. The van der Waals surface area contributed by atoms with Crippen molar-refractivity contribution in [3.63, 3.8) is 0 Å². The number of aromatic nitrogens is 1. The van der Waals surface area contributed by atoms with Crippen molar-refractivity contribution in [1.29, 1.82) is 0 Å².